The van der Waals surface area contributed by atoms with Crippen LogP contribution >= 0.6 is 0 Å². The fraction of sp³-hybridized carbons (Fsp3) is 0.923. The summed E-state index contributed by atoms with van der Waals surface area (Å²) in [6.45, 7) is -5.36. The van der Waals surface area contributed by atoms with Crippen LogP contribution in [0, 0.1) is 0 Å². The first-order valence-corrected chi connectivity index (χ1v) is 44.5. The van der Waals surface area contributed by atoms with Crippen molar-refractivity contribution in [2.24, 2.45) is 0 Å². The molecular formula is C78H130N6O55. The molecule has 11 saturated heterocycles. The first-order valence-electron chi connectivity index (χ1n) is 44.5. The van der Waals surface area contributed by atoms with Crippen LogP contribution in [0.2, 0.25) is 0 Å². The van der Waals surface area contributed by atoms with Crippen molar-refractivity contribution in [2.45, 2.75) is 386 Å². The molecule has 0 aromatic carbocycles. The van der Waals surface area contributed by atoms with Gasteiger partial charge in [0.05, 0.1) is 72.2 Å². The lowest BCUT2D eigenvalue weighted by atomic mass is 9.93. The van der Waals surface area contributed by atoms with Crippen LogP contribution in [-0.2, 0) is 128 Å². The largest absolute Gasteiger partial charge is 0.394 e. The van der Waals surface area contributed by atoms with E-state index in [0.717, 1.165) is 41.5 Å². The molecule has 34 N–H and O–H groups in total. The lowest BCUT2D eigenvalue weighted by Gasteiger charge is -2.53. The van der Waals surface area contributed by atoms with Gasteiger partial charge in [-0.1, -0.05) is 0 Å². The van der Waals surface area contributed by atoms with E-state index in [4.69, 9.17) is 99.5 Å². The van der Waals surface area contributed by atoms with Crippen molar-refractivity contribution in [3.05, 3.63) is 0 Å². The second kappa shape index (κ2) is 50.0. The van der Waals surface area contributed by atoms with Gasteiger partial charge in [0.2, 0.25) is 35.4 Å². The summed E-state index contributed by atoms with van der Waals surface area (Å²) < 4.78 is 130. The van der Waals surface area contributed by atoms with Crippen LogP contribution in [0.4, 0.5) is 0 Å². The van der Waals surface area contributed by atoms with Crippen molar-refractivity contribution in [2.75, 3.05) is 66.1 Å². The number of ether oxygens (including phenoxy) is 21. The van der Waals surface area contributed by atoms with Crippen molar-refractivity contribution < 1.29 is 271 Å². The Hall–Kier alpha value is -5.14. The minimum absolute atomic E-state index is 0.862. The van der Waals surface area contributed by atoms with Gasteiger partial charge in [-0.2, -0.15) is 0 Å². The molecule has 61 heteroatoms. The molecule has 0 aromatic rings. The lowest BCUT2D eigenvalue weighted by molar-refractivity contribution is -0.413. The molecule has 11 rings (SSSR count). The van der Waals surface area contributed by atoms with E-state index < -0.39 is 439 Å². The Labute approximate surface area is 788 Å². The van der Waals surface area contributed by atoms with E-state index >= 15 is 0 Å². The second-order valence-electron chi connectivity index (χ2n) is 35.3. The molecule has 11 heterocycles. The van der Waals surface area contributed by atoms with Crippen molar-refractivity contribution in [1.29, 1.82) is 0 Å². The minimum Gasteiger partial charge on any atom is -0.394 e. The Morgan fingerprint density at radius 3 is 0.835 bits per heavy atom. The number of hydrogen-bond acceptors (Lipinski definition) is 55. The number of carbonyl (C=O) groups is 6. The molecule has 1 unspecified atom stereocenters. The van der Waals surface area contributed by atoms with Gasteiger partial charge in [0.15, 0.2) is 69.2 Å². The number of hydrogen-bond donors (Lipinski definition) is 34. The first-order chi connectivity index (χ1) is 65.7. The van der Waals surface area contributed by atoms with Gasteiger partial charge in [-0.05, 0) is 6.92 Å². The van der Waals surface area contributed by atoms with Crippen molar-refractivity contribution in [3.63, 3.8) is 0 Å². The number of carbonyl (C=O) groups excluding carboxylic acids is 6. The third-order valence-corrected chi connectivity index (χ3v) is 25.3. The Bertz CT molecular complexity index is 3900. The van der Waals surface area contributed by atoms with Gasteiger partial charge in [-0.25, -0.2) is 0 Å². The highest BCUT2D eigenvalue weighted by Gasteiger charge is 2.64. The number of aliphatic hydroxyl groups is 28. The molecule has 11 aliphatic heterocycles. The highest BCUT2D eigenvalue weighted by Crippen LogP contribution is 2.43. The predicted molar refractivity (Wildman–Crippen MR) is 430 cm³/mol. The van der Waals surface area contributed by atoms with Crippen LogP contribution in [0.5, 0.6) is 0 Å². The molecule has 6 amide bonds. The summed E-state index contributed by atoms with van der Waals surface area (Å²) in [7, 11) is 0. The first kappa shape index (κ1) is 114. The van der Waals surface area contributed by atoms with E-state index in [1.165, 1.54) is 6.92 Å². The monoisotopic (exact) mass is 2030 g/mol. The molecule has 0 radical (unpaired) electrons. The molecular weight excluding hydrogens is 1900 g/mol. The van der Waals surface area contributed by atoms with Crippen LogP contribution < -0.4 is 31.9 Å². The minimum atomic E-state index is -2.90. The topological polar surface area (TPSA) is 935 Å². The van der Waals surface area contributed by atoms with Gasteiger partial charge in [-0.15, -0.1) is 0 Å². The Kier molecular flexibility index (Phi) is 41.1. The van der Waals surface area contributed by atoms with Gasteiger partial charge in [0.1, 0.15) is 262 Å². The van der Waals surface area contributed by atoms with Gasteiger partial charge < -0.3 is 274 Å². The van der Waals surface area contributed by atoms with E-state index in [2.05, 4.69) is 31.9 Å². The van der Waals surface area contributed by atoms with Crippen LogP contribution in [-0.4, -0.2) is 582 Å². The number of rotatable bonds is 36. The summed E-state index contributed by atoms with van der Waals surface area (Å²) in [4.78, 5) is 78.8. The zero-order valence-electron chi connectivity index (χ0n) is 75.4. The summed E-state index contributed by atoms with van der Waals surface area (Å²) >= 11 is 0. The summed E-state index contributed by atoms with van der Waals surface area (Å²) in [5.74, 6) is -5.97. The molecule has 0 saturated carbocycles. The van der Waals surface area contributed by atoms with Crippen LogP contribution in [0.3, 0.4) is 0 Å². The maximum atomic E-state index is 13.7. The Morgan fingerprint density at radius 2 is 0.446 bits per heavy atom. The van der Waals surface area contributed by atoms with Crippen LogP contribution in [0.15, 0.2) is 0 Å². The fourth-order valence-corrected chi connectivity index (χ4v) is 18.1. The van der Waals surface area contributed by atoms with E-state index in [9.17, 15) is 172 Å². The van der Waals surface area contributed by atoms with Crippen molar-refractivity contribution in [3.8, 4) is 0 Å². The van der Waals surface area contributed by atoms with Crippen molar-refractivity contribution in [1.82, 2.24) is 31.9 Å². The summed E-state index contributed by atoms with van der Waals surface area (Å²) in [5.41, 5.74) is 0. The van der Waals surface area contributed by atoms with Gasteiger partial charge in [-0.3, -0.25) is 28.8 Å². The van der Waals surface area contributed by atoms with Crippen molar-refractivity contribution >= 4 is 35.4 Å². The van der Waals surface area contributed by atoms with E-state index in [1.54, 1.807) is 0 Å². The zero-order chi connectivity index (χ0) is 102. The highest BCUT2D eigenvalue weighted by atomic mass is 16.8. The predicted octanol–water partition coefficient (Wildman–Crippen LogP) is -23.1. The Morgan fingerprint density at radius 1 is 0.201 bits per heavy atom. The summed E-state index contributed by atoms with van der Waals surface area (Å²) in [6.07, 6.45) is -108. The lowest BCUT2D eigenvalue weighted by Crippen LogP contribution is -2.72. The molecule has 139 heavy (non-hydrogen) atoms. The molecule has 0 aliphatic carbocycles. The molecule has 0 bridgehead atoms. The smallest absolute Gasteiger partial charge is 0.217 e. The average molecular weight is 2030 g/mol. The molecule has 11 fully saturated rings. The van der Waals surface area contributed by atoms with E-state index in [0.29, 0.717) is 0 Å². The molecule has 11 aliphatic rings. The van der Waals surface area contributed by atoms with E-state index in [-0.39, 0.29) is 0 Å². The number of aliphatic hydroxyl groups excluding tert-OH is 28. The summed E-state index contributed by atoms with van der Waals surface area (Å²) in [5, 5.41) is 334. The van der Waals surface area contributed by atoms with Gasteiger partial charge in [0.25, 0.3) is 0 Å². The second-order valence-corrected chi connectivity index (χ2v) is 35.3. The maximum Gasteiger partial charge on any atom is 0.217 e. The molecule has 0 spiro atoms. The number of amides is 6. The van der Waals surface area contributed by atoms with Gasteiger partial charge in [0, 0.05) is 41.5 Å². The van der Waals surface area contributed by atoms with E-state index in [1.807, 2.05) is 0 Å². The third-order valence-electron chi connectivity index (χ3n) is 25.3. The summed E-state index contributed by atoms with van der Waals surface area (Å²) in [6, 6.07) is -12.1. The normalized spacial score (nSPS) is 48.3. The highest BCUT2D eigenvalue weighted by molar-refractivity contribution is 5.75. The Balaban J connectivity index is 1.07. The van der Waals surface area contributed by atoms with Gasteiger partial charge >= 0.3 is 0 Å². The molecule has 802 valence electrons. The average Bonchev–Trinajstić information content (AvgIpc) is 0.752. The zero-order valence-corrected chi connectivity index (χ0v) is 75.4. The quantitative estimate of drug-likeness (QED) is 0.0277. The molecule has 61 nitrogen and oxygen atoms in total. The van der Waals surface area contributed by atoms with Crippen LogP contribution in [0.25, 0.3) is 0 Å². The maximum absolute atomic E-state index is 13.7. The fourth-order valence-electron chi connectivity index (χ4n) is 18.1. The van der Waals surface area contributed by atoms with Crippen LogP contribution in [0.1, 0.15) is 48.5 Å². The SMILES string of the molecule is CC(=O)N[C@H]1[C@H](O[C@H]2[C@H](O)[C@@H](NC(C)=O)C(O)O[C@@H]2CO[C@@H]2O[C@@H](C)[C@@H](O)[C@@H](O)[C@@H]2O)O[C@H](CO)[C@@H](O[C@@H]2O[C@H](CO[C@H]3O[C@H](CO)[C@@H](O)[C@H](O)[C@@H]3O[C@@H]3O[C@H](CO)[C@@H](O)[C@H](O)[C@H]3NC(C)=O)[C@@H](O[C@@H]3O[C@H](CO)[C@@H](O)[C@H](O)[C@H]3NC(C)=O)[C@H](O[C@H]3O[C@H](CO)[C@@H](O[C@@H]4O[C@H](CO)[C@@H](O)[C@H](O)[C@H]4NC(C)=O)[C@H](O)[C@@H]3O[C@@H]3O[C@H](CO)[C@@H](O[C@@H]4O[C@H](CO)[C@H](O)[C@H](O)[C@H]4O)[C@H](O)[C@H]3NC(C)=O)[C@@H]2O)[C@@H]1O. The standard InChI is InChI=1S/C78H130N6O55/c1-18-41(99)53(111)56(114)74(121-18)119-16-33-63(50(108)35(68(118)122-33)79-19(2)93)133-72-39(83-23(6)97)51(109)61(31(14-91)128-72)135-76-59(117)65(64(136-70-37(81-21(4)95)48(106)43(101)26(9-86)124-70)34(131-76)17-120-77-66(55(113)46(104)29(12-89)127-77)138-71-38(82-22(5)96)49(107)44(102)27(10-87)125-71)137-78-67(58(116)62(32(15-92)130-78)132-69-36(80-20(3)94)47(105)42(100)25(8-85)123-69)139-73-40(84-24(7)98)52(110)60(30(13-90)129-73)134-75-57(115)54(112)45(103)28(11-88)126-75/h18,25-78,85-92,99-118H,8-17H2,1-7H3,(H,79,93)(H,80,94)(H,81,95)(H,82,96)(H,83,97)(H,84,98)/t18-,25+,26+,27+,28+,29+,30+,31+,32+,33+,34+,35+,36+,37+,38+,39+,40+,41+,42+,43+,44+,45-,46+,47+,48+,49+,50+,51+,52+,53+,54-,55-,56-,57+,58-,59-,60+,61+,62+,63+,64+,65+,66-,67-,68?,69-,70-,71-,72-,73-,74+,75-,76-,77-,78+/m0/s1. The molecule has 55 atom stereocenters. The number of nitrogens with one attached hydrogen (secondary N) is 6. The molecule has 0 aromatic heterocycles. The third kappa shape index (κ3) is 25.8.